The van der Waals surface area contributed by atoms with Crippen LogP contribution in [0.15, 0.2) is 53.9 Å². The van der Waals surface area contributed by atoms with Gasteiger partial charge in [0, 0.05) is 10.6 Å². The Labute approximate surface area is 115 Å². The molecule has 1 aromatic heterocycles. The maximum atomic E-state index is 4.10. The normalized spacial score (nSPS) is 10.7. The second kappa shape index (κ2) is 5.28. The fourth-order valence-corrected chi connectivity index (χ4v) is 2.71. The van der Waals surface area contributed by atoms with Crippen molar-refractivity contribution in [3.05, 3.63) is 60.2 Å². The molecule has 3 aromatic rings. The highest BCUT2D eigenvalue weighted by atomic mass is 32.2. The lowest BCUT2D eigenvalue weighted by molar-refractivity contribution is 0.959. The molecule has 0 aliphatic carbocycles. The molecule has 94 valence electrons. The van der Waals surface area contributed by atoms with Crippen LogP contribution in [0, 0.1) is 0 Å². The first-order chi connectivity index (χ1) is 9.35. The maximum Gasteiger partial charge on any atom is 0.114 e. The molecule has 0 aliphatic heterocycles. The van der Waals surface area contributed by atoms with Crippen molar-refractivity contribution in [2.75, 3.05) is 0 Å². The molecule has 0 fully saturated rings. The van der Waals surface area contributed by atoms with Gasteiger partial charge < -0.3 is 0 Å². The van der Waals surface area contributed by atoms with Crippen molar-refractivity contribution in [3.63, 3.8) is 0 Å². The van der Waals surface area contributed by atoms with E-state index in [1.807, 2.05) is 12.1 Å². The molecule has 0 aliphatic rings. The lowest BCUT2D eigenvalue weighted by Gasteiger charge is -2.02. The smallest absolute Gasteiger partial charge is 0.114 e. The first kappa shape index (κ1) is 12.0. The lowest BCUT2D eigenvalue weighted by Crippen LogP contribution is -1.81. The van der Waals surface area contributed by atoms with Gasteiger partial charge in [0.25, 0.3) is 0 Å². The number of aromatic nitrogens is 3. The van der Waals surface area contributed by atoms with Crippen LogP contribution in [0.25, 0.3) is 17.1 Å². The van der Waals surface area contributed by atoms with E-state index < -0.39 is 0 Å². The summed E-state index contributed by atoms with van der Waals surface area (Å²) in [6.45, 7) is 3.76. The minimum absolute atomic E-state index is 0.902. The maximum absolute atomic E-state index is 4.10. The van der Waals surface area contributed by atoms with Crippen LogP contribution in [0.5, 0.6) is 0 Å². The fourth-order valence-electron chi connectivity index (χ4n) is 1.83. The van der Waals surface area contributed by atoms with Crippen molar-refractivity contribution in [3.8, 4) is 0 Å². The van der Waals surface area contributed by atoms with Gasteiger partial charge in [-0.1, -0.05) is 36.9 Å². The Morgan fingerprint density at radius 1 is 1.05 bits per heavy atom. The second-order valence-electron chi connectivity index (χ2n) is 4.21. The third kappa shape index (κ3) is 2.69. The highest BCUT2D eigenvalue weighted by Crippen LogP contribution is 2.25. The molecular weight excluding hydrogens is 254 g/mol. The molecule has 3 nitrogen and oxygen atoms in total. The molecule has 19 heavy (non-hydrogen) atoms. The summed E-state index contributed by atoms with van der Waals surface area (Å²) in [4.78, 5) is 1.20. The number of fused-ring (bicyclic) bond motifs is 1. The predicted molar refractivity (Wildman–Crippen MR) is 80.0 cm³/mol. The van der Waals surface area contributed by atoms with Crippen molar-refractivity contribution < 1.29 is 0 Å². The minimum atomic E-state index is 0.902. The average Bonchev–Trinajstić information content (AvgIpc) is 2.93. The van der Waals surface area contributed by atoms with Gasteiger partial charge in [0.15, 0.2) is 0 Å². The van der Waals surface area contributed by atoms with Gasteiger partial charge in [-0.15, -0.1) is 11.8 Å². The molecule has 0 atom stereocenters. The van der Waals surface area contributed by atoms with Crippen molar-refractivity contribution in [1.82, 2.24) is 15.4 Å². The molecule has 0 saturated carbocycles. The largest absolute Gasteiger partial charge is 0.197 e. The Hall–Kier alpha value is -2.07. The fraction of sp³-hybridized carbons (Fsp3) is 0.0667. The van der Waals surface area contributed by atoms with Gasteiger partial charge in [-0.25, -0.2) is 0 Å². The Morgan fingerprint density at radius 2 is 1.84 bits per heavy atom. The summed E-state index contributed by atoms with van der Waals surface area (Å²) in [6.07, 6.45) is 1.86. The van der Waals surface area contributed by atoms with E-state index in [9.17, 15) is 0 Å². The van der Waals surface area contributed by atoms with Crippen LogP contribution in [0.3, 0.4) is 0 Å². The Kier molecular flexibility index (Phi) is 3.33. The average molecular weight is 267 g/mol. The number of benzene rings is 2. The van der Waals surface area contributed by atoms with Crippen LogP contribution >= 0.6 is 11.8 Å². The van der Waals surface area contributed by atoms with E-state index in [4.69, 9.17) is 0 Å². The quantitative estimate of drug-likeness (QED) is 0.729. The SMILES string of the molecule is C=Cc1ccc(CSc2ccc3n[nH]nc3c2)cc1. The first-order valence-corrected chi connectivity index (χ1v) is 6.98. The summed E-state index contributed by atoms with van der Waals surface area (Å²) in [7, 11) is 0. The minimum Gasteiger partial charge on any atom is -0.197 e. The topological polar surface area (TPSA) is 41.6 Å². The monoisotopic (exact) mass is 267 g/mol. The van der Waals surface area contributed by atoms with Crippen LogP contribution in [-0.4, -0.2) is 15.4 Å². The molecule has 0 radical (unpaired) electrons. The Bertz CT molecular complexity index is 701. The summed E-state index contributed by atoms with van der Waals surface area (Å²) in [5, 5.41) is 10.8. The molecular formula is C15H13N3S. The van der Waals surface area contributed by atoms with Gasteiger partial charge in [0.2, 0.25) is 0 Å². The van der Waals surface area contributed by atoms with E-state index in [-0.39, 0.29) is 0 Å². The number of nitrogens with one attached hydrogen (secondary N) is 1. The molecule has 4 heteroatoms. The lowest BCUT2D eigenvalue weighted by atomic mass is 10.1. The Balaban J connectivity index is 1.72. The van der Waals surface area contributed by atoms with Crippen LogP contribution in [0.4, 0.5) is 0 Å². The number of aromatic amines is 1. The number of nitrogens with zero attached hydrogens (tertiary/aromatic N) is 2. The van der Waals surface area contributed by atoms with Gasteiger partial charge in [0.1, 0.15) is 11.0 Å². The molecule has 1 N–H and O–H groups in total. The van der Waals surface area contributed by atoms with Crippen molar-refractivity contribution in [1.29, 1.82) is 0 Å². The number of rotatable bonds is 4. The zero-order valence-electron chi connectivity index (χ0n) is 10.3. The van der Waals surface area contributed by atoms with Crippen LogP contribution < -0.4 is 0 Å². The highest BCUT2D eigenvalue weighted by molar-refractivity contribution is 7.98. The molecule has 0 amide bonds. The highest BCUT2D eigenvalue weighted by Gasteiger charge is 2.01. The van der Waals surface area contributed by atoms with Gasteiger partial charge in [-0.2, -0.15) is 15.4 Å². The van der Waals surface area contributed by atoms with Crippen molar-refractivity contribution in [2.24, 2.45) is 0 Å². The Morgan fingerprint density at radius 3 is 2.63 bits per heavy atom. The summed E-state index contributed by atoms with van der Waals surface area (Å²) < 4.78 is 0. The number of H-pyrrole nitrogens is 1. The number of hydrogen-bond acceptors (Lipinski definition) is 3. The van der Waals surface area contributed by atoms with E-state index in [0.717, 1.165) is 22.3 Å². The molecule has 0 spiro atoms. The zero-order valence-corrected chi connectivity index (χ0v) is 11.2. The third-order valence-electron chi connectivity index (χ3n) is 2.91. The van der Waals surface area contributed by atoms with Crippen molar-refractivity contribution >= 4 is 28.9 Å². The standard InChI is InChI=1S/C15H13N3S/c1-2-11-3-5-12(6-4-11)10-19-13-7-8-14-15(9-13)17-18-16-14/h2-9H,1,10H2,(H,16,17,18). The van der Waals surface area contributed by atoms with E-state index in [1.54, 1.807) is 11.8 Å². The summed E-state index contributed by atoms with van der Waals surface area (Å²) >= 11 is 1.80. The van der Waals surface area contributed by atoms with E-state index in [0.29, 0.717) is 0 Å². The molecule has 2 aromatic carbocycles. The van der Waals surface area contributed by atoms with E-state index >= 15 is 0 Å². The molecule has 3 rings (SSSR count). The van der Waals surface area contributed by atoms with Crippen LogP contribution in [0.1, 0.15) is 11.1 Å². The molecule has 0 saturated heterocycles. The second-order valence-corrected chi connectivity index (χ2v) is 5.26. The van der Waals surface area contributed by atoms with Gasteiger partial charge in [0.05, 0.1) is 0 Å². The van der Waals surface area contributed by atoms with E-state index in [2.05, 4.69) is 58.4 Å². The number of hydrogen-bond donors (Lipinski definition) is 1. The van der Waals surface area contributed by atoms with Crippen LogP contribution in [-0.2, 0) is 5.75 Å². The zero-order chi connectivity index (χ0) is 13.1. The van der Waals surface area contributed by atoms with Gasteiger partial charge in [-0.05, 0) is 29.3 Å². The summed E-state index contributed by atoms with van der Waals surface area (Å²) in [5.74, 6) is 0.945. The first-order valence-electron chi connectivity index (χ1n) is 6.00. The van der Waals surface area contributed by atoms with Crippen molar-refractivity contribution in [2.45, 2.75) is 10.6 Å². The molecule has 0 bridgehead atoms. The molecule has 0 unspecified atom stereocenters. The predicted octanol–water partition coefficient (Wildman–Crippen LogP) is 3.89. The summed E-state index contributed by atoms with van der Waals surface area (Å²) in [6, 6.07) is 14.6. The van der Waals surface area contributed by atoms with Gasteiger partial charge in [-0.3, -0.25) is 0 Å². The number of thioether (sulfide) groups is 1. The van der Waals surface area contributed by atoms with Gasteiger partial charge >= 0.3 is 0 Å². The van der Waals surface area contributed by atoms with Crippen LogP contribution in [0.2, 0.25) is 0 Å². The third-order valence-corrected chi connectivity index (χ3v) is 3.97. The van der Waals surface area contributed by atoms with E-state index in [1.165, 1.54) is 10.5 Å². The summed E-state index contributed by atoms with van der Waals surface area (Å²) in [5.41, 5.74) is 4.26. The molecule has 1 heterocycles.